The summed E-state index contributed by atoms with van der Waals surface area (Å²) in [6.07, 6.45) is -0.0521. The van der Waals surface area contributed by atoms with Crippen molar-refractivity contribution in [1.29, 1.82) is 0 Å². The Morgan fingerprint density at radius 2 is 1.52 bits per heavy atom. The van der Waals surface area contributed by atoms with Gasteiger partial charge in [0.1, 0.15) is 29.9 Å². The Labute approximate surface area is 360 Å². The minimum Gasteiger partial charge on any atom is -0.493 e. The first-order chi connectivity index (χ1) is 30.3. The van der Waals surface area contributed by atoms with E-state index in [1.54, 1.807) is 43.4 Å². The lowest BCUT2D eigenvalue weighted by Crippen LogP contribution is -2.56. The number of morpholine rings is 1. The normalized spacial score (nSPS) is 23.6. The number of aliphatic hydroxyl groups excluding tert-OH is 2. The van der Waals surface area contributed by atoms with Crippen molar-refractivity contribution in [3.8, 4) is 29.1 Å². The van der Waals surface area contributed by atoms with Crippen LogP contribution in [0.5, 0.6) is 17.2 Å². The quantitative estimate of drug-likeness (QED) is 0.119. The number of carbonyl (C=O) groups excluding carboxylic acids is 3. The molecule has 0 radical (unpaired) electrons. The van der Waals surface area contributed by atoms with Crippen molar-refractivity contribution in [2.75, 3.05) is 45.9 Å². The molecule has 3 N–H and O–H groups in total. The number of cyclic esters (lactones) is 1. The highest BCUT2D eigenvalue weighted by Gasteiger charge is 2.74. The van der Waals surface area contributed by atoms with E-state index in [4.69, 9.17) is 18.9 Å². The minimum atomic E-state index is -1.70. The number of hydrogen-bond donors (Lipinski definition) is 3. The molecule has 5 aromatic carbocycles. The molecule has 2 saturated heterocycles. The standard InChI is InChI=1S/C50H47N3O9/c1-59-40-28-35-22-23-52(30-36(35)29-41(40)60-2)47(56)42-44-48(57)62-45(33-14-7-4-8-15-33)43(32-12-5-3-6-13-32)53(44)46(34-17-19-37(20-18-34)61-26-25-55)50(42)38-27-31(11-9-10-24-54)16-21-39(38)51-49(50)58/h3-8,12-21,27-29,42-46,54-55H,10,22-26,30H2,1-2H3,(H,51,58). The summed E-state index contributed by atoms with van der Waals surface area (Å²) >= 11 is 0. The van der Waals surface area contributed by atoms with Gasteiger partial charge in [-0.1, -0.05) is 84.6 Å². The largest absolute Gasteiger partial charge is 0.493 e. The van der Waals surface area contributed by atoms with Crippen molar-refractivity contribution in [2.45, 2.75) is 49.0 Å². The average molecular weight is 834 g/mol. The molecule has 5 aromatic rings. The van der Waals surface area contributed by atoms with Crippen molar-refractivity contribution in [3.05, 3.63) is 154 Å². The lowest BCUT2D eigenvalue weighted by atomic mass is 9.65. The molecule has 316 valence electrons. The number of anilines is 1. The average Bonchev–Trinajstić information content (AvgIpc) is 3.79. The number of nitrogens with zero attached hydrogens (tertiary/aromatic N) is 2. The second-order valence-corrected chi connectivity index (χ2v) is 15.9. The summed E-state index contributed by atoms with van der Waals surface area (Å²) in [5.41, 5.74) is 4.10. The molecular formula is C50H47N3O9. The van der Waals surface area contributed by atoms with Crippen LogP contribution in [0.2, 0.25) is 0 Å². The number of rotatable bonds is 10. The molecule has 12 nitrogen and oxygen atoms in total. The maximum atomic E-state index is 16.0. The summed E-state index contributed by atoms with van der Waals surface area (Å²) in [6, 6.07) is 33.1. The number of nitrogens with one attached hydrogen (secondary N) is 1. The second kappa shape index (κ2) is 17.0. The summed E-state index contributed by atoms with van der Waals surface area (Å²) in [6.45, 7) is 0.341. The van der Waals surface area contributed by atoms with Crippen LogP contribution in [0.3, 0.4) is 0 Å². The Hall–Kier alpha value is -6.65. The van der Waals surface area contributed by atoms with E-state index in [0.717, 1.165) is 22.3 Å². The molecule has 0 aromatic heterocycles. The third-order valence-electron chi connectivity index (χ3n) is 12.6. The molecule has 9 rings (SSSR count). The van der Waals surface area contributed by atoms with Crippen molar-refractivity contribution in [3.63, 3.8) is 0 Å². The number of fused-ring (bicyclic) bond motifs is 4. The molecule has 0 aliphatic carbocycles. The zero-order valence-corrected chi connectivity index (χ0v) is 34.5. The number of benzene rings is 5. The fraction of sp³-hybridized carbons (Fsp3) is 0.300. The molecule has 6 atom stereocenters. The molecule has 2 fully saturated rings. The van der Waals surface area contributed by atoms with Gasteiger partial charge in [0, 0.05) is 30.8 Å². The molecule has 0 bridgehead atoms. The predicted molar refractivity (Wildman–Crippen MR) is 229 cm³/mol. The van der Waals surface area contributed by atoms with Gasteiger partial charge in [0.15, 0.2) is 11.5 Å². The minimum absolute atomic E-state index is 0.0889. The Morgan fingerprint density at radius 1 is 0.823 bits per heavy atom. The molecule has 2 amide bonds. The van der Waals surface area contributed by atoms with E-state index < -0.39 is 47.4 Å². The maximum absolute atomic E-state index is 16.0. The first-order valence-corrected chi connectivity index (χ1v) is 20.8. The van der Waals surface area contributed by atoms with Crippen LogP contribution in [0.1, 0.15) is 63.6 Å². The van der Waals surface area contributed by atoms with E-state index in [1.807, 2.05) is 91.0 Å². The number of amides is 2. The van der Waals surface area contributed by atoms with E-state index in [2.05, 4.69) is 22.1 Å². The van der Waals surface area contributed by atoms with Crippen LogP contribution in [-0.4, -0.2) is 84.4 Å². The molecule has 12 heteroatoms. The first-order valence-electron chi connectivity index (χ1n) is 20.8. The van der Waals surface area contributed by atoms with Crippen molar-refractivity contribution >= 4 is 23.5 Å². The third-order valence-corrected chi connectivity index (χ3v) is 12.6. The highest BCUT2D eigenvalue weighted by molar-refractivity contribution is 6.12. The number of esters is 1. The van der Waals surface area contributed by atoms with Gasteiger partial charge >= 0.3 is 5.97 Å². The number of ether oxygens (including phenoxy) is 4. The van der Waals surface area contributed by atoms with Crippen LogP contribution >= 0.6 is 0 Å². The summed E-state index contributed by atoms with van der Waals surface area (Å²) < 4.78 is 23.6. The Morgan fingerprint density at radius 3 is 2.19 bits per heavy atom. The predicted octanol–water partition coefficient (Wildman–Crippen LogP) is 5.66. The second-order valence-electron chi connectivity index (χ2n) is 15.9. The van der Waals surface area contributed by atoms with Gasteiger partial charge in [-0.15, -0.1) is 0 Å². The molecule has 0 saturated carbocycles. The SMILES string of the molecule is COc1cc2c(cc1OC)CN(C(=O)C1C3C(=O)OC(c4ccccc4)C(c4ccccc4)N3C(c3ccc(OCCO)cc3)C13C(=O)Nc1ccc(C#CCCO)cc13)CC2. The number of hydrogen-bond acceptors (Lipinski definition) is 10. The van der Waals surface area contributed by atoms with Crippen LogP contribution in [-0.2, 0) is 37.5 Å². The lowest BCUT2D eigenvalue weighted by Gasteiger charge is -2.46. The van der Waals surface area contributed by atoms with Crippen molar-refractivity contribution in [1.82, 2.24) is 9.80 Å². The molecule has 4 heterocycles. The Balaban J connectivity index is 1.30. The number of methoxy groups -OCH3 is 2. The van der Waals surface area contributed by atoms with Gasteiger partial charge in [-0.2, -0.15) is 0 Å². The molecule has 4 aliphatic heterocycles. The fourth-order valence-electron chi connectivity index (χ4n) is 10.0. The highest BCUT2D eigenvalue weighted by Crippen LogP contribution is 2.65. The fourth-order valence-corrected chi connectivity index (χ4v) is 10.0. The van der Waals surface area contributed by atoms with Gasteiger partial charge in [0.25, 0.3) is 0 Å². The molecular weight excluding hydrogens is 787 g/mol. The zero-order chi connectivity index (χ0) is 43.0. The summed E-state index contributed by atoms with van der Waals surface area (Å²) in [4.78, 5) is 50.7. The molecule has 1 spiro atoms. The van der Waals surface area contributed by atoms with Crippen molar-refractivity contribution in [2.24, 2.45) is 5.92 Å². The first kappa shape index (κ1) is 40.7. The third kappa shape index (κ3) is 6.83. The monoisotopic (exact) mass is 833 g/mol. The summed E-state index contributed by atoms with van der Waals surface area (Å²) in [5.74, 6) is 5.09. The molecule has 4 aliphatic rings. The van der Waals surface area contributed by atoms with Crippen LogP contribution in [0.15, 0.2) is 115 Å². The van der Waals surface area contributed by atoms with E-state index in [0.29, 0.717) is 52.6 Å². The molecule has 62 heavy (non-hydrogen) atoms. The number of carbonyl (C=O) groups is 3. The smallest absolute Gasteiger partial charge is 0.324 e. The Bertz CT molecular complexity index is 2560. The van der Waals surface area contributed by atoms with E-state index in [9.17, 15) is 10.2 Å². The zero-order valence-electron chi connectivity index (χ0n) is 34.5. The van der Waals surface area contributed by atoms with E-state index in [-0.39, 0.29) is 38.7 Å². The topological polar surface area (TPSA) is 147 Å². The van der Waals surface area contributed by atoms with Crippen molar-refractivity contribution < 1.29 is 43.5 Å². The lowest BCUT2D eigenvalue weighted by molar-refractivity contribution is -0.179. The number of aliphatic hydroxyl groups is 2. The summed E-state index contributed by atoms with van der Waals surface area (Å²) in [7, 11) is 3.15. The highest BCUT2D eigenvalue weighted by atomic mass is 16.6. The van der Waals surface area contributed by atoms with Gasteiger partial charge in [0.2, 0.25) is 11.8 Å². The van der Waals surface area contributed by atoms with Crippen LogP contribution in [0, 0.1) is 17.8 Å². The Kier molecular flexibility index (Phi) is 11.2. The van der Waals surface area contributed by atoms with Gasteiger partial charge < -0.3 is 39.4 Å². The van der Waals surface area contributed by atoms with Crippen LogP contribution in [0.4, 0.5) is 5.69 Å². The maximum Gasteiger partial charge on any atom is 0.324 e. The van der Waals surface area contributed by atoms with Gasteiger partial charge in [0.05, 0.1) is 45.4 Å². The van der Waals surface area contributed by atoms with Gasteiger partial charge in [-0.3, -0.25) is 19.3 Å². The van der Waals surface area contributed by atoms with Crippen LogP contribution < -0.4 is 19.5 Å². The molecule has 6 unspecified atom stereocenters. The van der Waals surface area contributed by atoms with Gasteiger partial charge in [-0.25, -0.2) is 0 Å². The summed E-state index contributed by atoms with van der Waals surface area (Å²) in [5, 5.41) is 22.2. The van der Waals surface area contributed by atoms with Crippen LogP contribution in [0.25, 0.3) is 0 Å². The van der Waals surface area contributed by atoms with E-state index >= 15 is 14.4 Å². The van der Waals surface area contributed by atoms with E-state index in [1.165, 1.54) is 0 Å². The van der Waals surface area contributed by atoms with Gasteiger partial charge in [-0.05, 0) is 82.3 Å².